The first-order chi connectivity index (χ1) is 14.2. The Kier molecular flexibility index (Phi) is 5.01. The zero-order valence-electron chi connectivity index (χ0n) is 16.3. The lowest BCUT2D eigenvalue weighted by molar-refractivity contribution is 0.330. The quantitative estimate of drug-likeness (QED) is 0.553. The van der Waals surface area contributed by atoms with Gasteiger partial charge in [0.1, 0.15) is 5.52 Å². The van der Waals surface area contributed by atoms with Crippen LogP contribution in [0.1, 0.15) is 44.6 Å². The van der Waals surface area contributed by atoms with Crippen molar-refractivity contribution in [3.63, 3.8) is 0 Å². The summed E-state index contributed by atoms with van der Waals surface area (Å²) in [5, 5.41) is 7.51. The number of fused-ring (bicyclic) bond motifs is 1. The Balaban J connectivity index is 1.51. The minimum absolute atomic E-state index is 0.288. The molecule has 152 valence electrons. The number of imidazole rings is 1. The number of hydrogen-bond donors (Lipinski definition) is 3. The Morgan fingerprint density at radius 1 is 1.10 bits per heavy atom. The summed E-state index contributed by atoms with van der Waals surface area (Å²) >= 11 is 6.17. The third-order valence-electron chi connectivity index (χ3n) is 5.87. The van der Waals surface area contributed by atoms with E-state index in [0.717, 1.165) is 60.9 Å². The molecule has 2 fully saturated rings. The molecular weight excluding hydrogens is 386 g/mol. The molecule has 2 saturated carbocycles. The molecule has 1 aromatic carbocycles. The molecular formula is C21H26ClN7. The fraction of sp³-hybridized carbons (Fsp3) is 0.476. The third kappa shape index (κ3) is 4.16. The lowest BCUT2D eigenvalue weighted by atomic mass is 9.91. The van der Waals surface area contributed by atoms with E-state index in [4.69, 9.17) is 27.3 Å². The molecule has 0 saturated heterocycles. The summed E-state index contributed by atoms with van der Waals surface area (Å²) in [4.78, 5) is 14.1. The van der Waals surface area contributed by atoms with Crippen LogP contribution in [0.5, 0.6) is 0 Å². The zero-order chi connectivity index (χ0) is 19.8. The third-order valence-corrected chi connectivity index (χ3v) is 6.10. The number of rotatable bonds is 6. The van der Waals surface area contributed by atoms with Crippen molar-refractivity contribution in [1.29, 1.82) is 0 Å². The topological polar surface area (TPSA) is 93.7 Å². The van der Waals surface area contributed by atoms with Crippen molar-refractivity contribution < 1.29 is 0 Å². The summed E-state index contributed by atoms with van der Waals surface area (Å²) in [6, 6.07) is 8.28. The Morgan fingerprint density at radius 2 is 1.93 bits per heavy atom. The van der Waals surface area contributed by atoms with Gasteiger partial charge in [0.15, 0.2) is 5.65 Å². The van der Waals surface area contributed by atoms with Gasteiger partial charge in [-0.15, -0.1) is 0 Å². The van der Waals surface area contributed by atoms with Crippen molar-refractivity contribution in [2.24, 2.45) is 11.7 Å². The summed E-state index contributed by atoms with van der Waals surface area (Å²) in [5.74, 6) is 2.21. The van der Waals surface area contributed by atoms with Gasteiger partial charge in [0.05, 0.1) is 6.20 Å². The summed E-state index contributed by atoms with van der Waals surface area (Å²) in [5.41, 5.74) is 8.71. The molecule has 0 atom stereocenters. The molecule has 8 heteroatoms. The normalized spacial score (nSPS) is 22.0. The summed E-state index contributed by atoms with van der Waals surface area (Å²) < 4.78 is 2.23. The fourth-order valence-electron chi connectivity index (χ4n) is 4.02. The Labute approximate surface area is 175 Å². The van der Waals surface area contributed by atoms with E-state index in [1.165, 1.54) is 12.8 Å². The van der Waals surface area contributed by atoms with E-state index >= 15 is 0 Å². The number of hydrogen-bond acceptors (Lipinski definition) is 6. The number of benzene rings is 1. The van der Waals surface area contributed by atoms with E-state index in [9.17, 15) is 0 Å². The van der Waals surface area contributed by atoms with Crippen LogP contribution in [0.15, 0.2) is 30.5 Å². The number of aromatic nitrogens is 4. The molecule has 2 aliphatic rings. The van der Waals surface area contributed by atoms with Gasteiger partial charge >= 0.3 is 0 Å². The summed E-state index contributed by atoms with van der Waals surface area (Å²) in [7, 11) is 0. The zero-order valence-corrected chi connectivity index (χ0v) is 17.1. The highest BCUT2D eigenvalue weighted by Crippen LogP contribution is 2.35. The van der Waals surface area contributed by atoms with Gasteiger partial charge in [-0.1, -0.05) is 17.7 Å². The van der Waals surface area contributed by atoms with Crippen LogP contribution in [0.3, 0.4) is 0 Å². The molecule has 0 unspecified atom stereocenters. The van der Waals surface area contributed by atoms with E-state index in [1.807, 2.05) is 30.5 Å². The van der Waals surface area contributed by atoms with E-state index in [0.29, 0.717) is 17.0 Å². The number of nitrogens with two attached hydrogens (primary N) is 1. The van der Waals surface area contributed by atoms with Gasteiger partial charge < -0.3 is 16.4 Å². The molecule has 2 aliphatic carbocycles. The number of nitrogens with zero attached hydrogens (tertiary/aromatic N) is 4. The van der Waals surface area contributed by atoms with Crippen molar-refractivity contribution in [3.05, 3.63) is 35.5 Å². The second kappa shape index (κ2) is 7.80. The Hall–Kier alpha value is -2.38. The standard InChI is InChI=1S/C21H26ClN7/c22-14-2-1-3-16(10-14)26-21-27-18-12-25-20(24-11-13-4-5-13)28-19(18)29(21)17-8-6-15(23)7-9-17/h1-3,10,12-13,15,17H,4-9,11,23H2,(H,26,27)(H,24,25,28)/t15-,17-. The minimum Gasteiger partial charge on any atom is -0.354 e. The van der Waals surface area contributed by atoms with Crippen LogP contribution >= 0.6 is 11.6 Å². The average molecular weight is 412 g/mol. The highest BCUT2D eigenvalue weighted by molar-refractivity contribution is 6.30. The van der Waals surface area contributed by atoms with Gasteiger partial charge in [-0.3, -0.25) is 4.57 Å². The molecule has 29 heavy (non-hydrogen) atoms. The second-order valence-corrected chi connectivity index (χ2v) is 8.67. The molecule has 0 spiro atoms. The predicted molar refractivity (Wildman–Crippen MR) is 117 cm³/mol. The van der Waals surface area contributed by atoms with E-state index < -0.39 is 0 Å². The van der Waals surface area contributed by atoms with E-state index in [-0.39, 0.29) is 6.04 Å². The molecule has 0 bridgehead atoms. The summed E-state index contributed by atoms with van der Waals surface area (Å²) in [6.07, 6.45) is 8.47. The Bertz CT molecular complexity index is 1010. The van der Waals surface area contributed by atoms with E-state index in [2.05, 4.69) is 20.2 Å². The summed E-state index contributed by atoms with van der Waals surface area (Å²) in [6.45, 7) is 0.936. The van der Waals surface area contributed by atoms with Gasteiger partial charge in [0.2, 0.25) is 11.9 Å². The van der Waals surface area contributed by atoms with Gasteiger partial charge in [-0.05, 0) is 62.6 Å². The van der Waals surface area contributed by atoms with Crippen LogP contribution in [-0.4, -0.2) is 32.1 Å². The maximum Gasteiger partial charge on any atom is 0.224 e. The molecule has 2 aromatic heterocycles. The van der Waals surface area contributed by atoms with Crippen molar-refractivity contribution in [2.75, 3.05) is 17.2 Å². The van der Waals surface area contributed by atoms with Crippen molar-refractivity contribution in [1.82, 2.24) is 19.5 Å². The predicted octanol–water partition coefficient (Wildman–Crippen LogP) is 4.49. The lowest BCUT2D eigenvalue weighted by Gasteiger charge is -2.28. The van der Waals surface area contributed by atoms with Crippen LogP contribution in [0, 0.1) is 5.92 Å². The van der Waals surface area contributed by atoms with Crippen LogP contribution in [0.25, 0.3) is 11.2 Å². The molecule has 0 aliphatic heterocycles. The molecule has 4 N–H and O–H groups in total. The Morgan fingerprint density at radius 3 is 2.69 bits per heavy atom. The van der Waals surface area contributed by atoms with Crippen molar-refractivity contribution in [3.8, 4) is 0 Å². The molecule has 2 heterocycles. The maximum atomic E-state index is 6.17. The van der Waals surface area contributed by atoms with Crippen LogP contribution < -0.4 is 16.4 Å². The van der Waals surface area contributed by atoms with Gasteiger partial charge in [-0.25, -0.2) is 9.97 Å². The van der Waals surface area contributed by atoms with Crippen LogP contribution in [0.2, 0.25) is 5.02 Å². The van der Waals surface area contributed by atoms with Gasteiger partial charge in [-0.2, -0.15) is 4.98 Å². The van der Waals surface area contributed by atoms with Crippen molar-refractivity contribution >= 4 is 40.3 Å². The maximum absolute atomic E-state index is 6.17. The number of halogens is 1. The largest absolute Gasteiger partial charge is 0.354 e. The lowest BCUT2D eigenvalue weighted by Crippen LogP contribution is -2.28. The van der Waals surface area contributed by atoms with Gasteiger partial charge in [0, 0.05) is 29.3 Å². The minimum atomic E-state index is 0.288. The fourth-order valence-corrected chi connectivity index (χ4v) is 4.21. The molecule has 3 aromatic rings. The number of anilines is 3. The van der Waals surface area contributed by atoms with Crippen LogP contribution in [-0.2, 0) is 0 Å². The highest BCUT2D eigenvalue weighted by Gasteiger charge is 2.26. The SMILES string of the molecule is N[C@H]1CC[C@H](n2c(Nc3cccc(Cl)c3)nc3cnc(NCC4CC4)nc32)CC1. The first kappa shape index (κ1) is 18.6. The molecule has 0 amide bonds. The molecule has 7 nitrogen and oxygen atoms in total. The monoisotopic (exact) mass is 411 g/mol. The molecule has 5 rings (SSSR count). The first-order valence-corrected chi connectivity index (χ1v) is 10.8. The van der Waals surface area contributed by atoms with Gasteiger partial charge in [0.25, 0.3) is 0 Å². The smallest absolute Gasteiger partial charge is 0.224 e. The highest BCUT2D eigenvalue weighted by atomic mass is 35.5. The number of nitrogens with one attached hydrogen (secondary N) is 2. The average Bonchev–Trinajstić information content (AvgIpc) is 3.48. The first-order valence-electron chi connectivity index (χ1n) is 10.4. The van der Waals surface area contributed by atoms with Crippen molar-refractivity contribution in [2.45, 2.75) is 50.6 Å². The second-order valence-electron chi connectivity index (χ2n) is 8.24. The van der Waals surface area contributed by atoms with E-state index in [1.54, 1.807) is 0 Å². The van der Waals surface area contributed by atoms with Crippen LogP contribution in [0.4, 0.5) is 17.6 Å². The molecule has 0 radical (unpaired) electrons.